The Morgan fingerprint density at radius 2 is 2.00 bits per heavy atom. The molecule has 0 spiro atoms. The van der Waals surface area contributed by atoms with Gasteiger partial charge in [-0.15, -0.1) is 21.5 Å². The molecule has 0 aliphatic rings. The molecule has 0 fully saturated rings. The van der Waals surface area contributed by atoms with Gasteiger partial charge in [-0.25, -0.2) is 4.98 Å². The molecule has 6 nitrogen and oxygen atoms in total. The largest absolute Gasteiger partial charge is 0.423 e. The third-order valence-electron chi connectivity index (χ3n) is 3.31. The lowest BCUT2D eigenvalue weighted by molar-refractivity contribution is -0.115. The maximum absolute atomic E-state index is 12.2. The van der Waals surface area contributed by atoms with Crippen molar-refractivity contribution >= 4 is 22.9 Å². The summed E-state index contributed by atoms with van der Waals surface area (Å²) in [5, 5.41) is 13.3. The lowest BCUT2D eigenvalue weighted by Crippen LogP contribution is -2.15. The van der Waals surface area contributed by atoms with Crippen molar-refractivity contribution < 1.29 is 9.21 Å². The molecular weight excluding hydrogens is 324 g/mol. The number of carbonyl (C=O) groups excluding carboxylic acids is 1. The zero-order valence-corrected chi connectivity index (χ0v) is 14.6. The molecule has 24 heavy (non-hydrogen) atoms. The van der Waals surface area contributed by atoms with Gasteiger partial charge in [0.2, 0.25) is 18.2 Å². The van der Waals surface area contributed by atoms with Crippen molar-refractivity contribution in [1.82, 2.24) is 15.2 Å². The summed E-state index contributed by atoms with van der Waals surface area (Å²) in [7, 11) is 0. The number of hydrogen-bond acceptors (Lipinski definition) is 6. The number of anilines is 1. The van der Waals surface area contributed by atoms with Gasteiger partial charge in [0.05, 0.1) is 17.1 Å². The monoisotopic (exact) mass is 342 g/mol. The zero-order valence-electron chi connectivity index (χ0n) is 13.7. The molecule has 0 bridgehead atoms. The van der Waals surface area contributed by atoms with E-state index in [2.05, 4.69) is 41.3 Å². The van der Waals surface area contributed by atoms with Crippen molar-refractivity contribution in [3.05, 3.63) is 46.7 Å². The summed E-state index contributed by atoms with van der Waals surface area (Å²) in [5.74, 6) is 0.358. The SMILES string of the molecule is CC(C)(C)c1nc(CC(=O)Nc2ccc(-c3nnco3)cc2)cs1. The number of aromatic nitrogens is 3. The molecule has 0 unspecified atom stereocenters. The normalized spacial score (nSPS) is 11.5. The van der Waals surface area contributed by atoms with E-state index in [0.717, 1.165) is 22.0 Å². The second kappa shape index (κ2) is 6.52. The number of nitrogens with zero attached hydrogens (tertiary/aromatic N) is 3. The van der Waals surface area contributed by atoms with E-state index in [1.807, 2.05) is 17.5 Å². The fraction of sp³-hybridized carbons (Fsp3) is 0.294. The lowest BCUT2D eigenvalue weighted by atomic mass is 9.98. The van der Waals surface area contributed by atoms with Gasteiger partial charge < -0.3 is 9.73 Å². The van der Waals surface area contributed by atoms with Crippen LogP contribution in [0.4, 0.5) is 5.69 Å². The van der Waals surface area contributed by atoms with Gasteiger partial charge in [0, 0.05) is 22.0 Å². The Morgan fingerprint density at radius 3 is 2.58 bits per heavy atom. The van der Waals surface area contributed by atoms with Crippen LogP contribution in [0.5, 0.6) is 0 Å². The molecule has 2 aromatic heterocycles. The molecule has 0 aliphatic heterocycles. The first kappa shape index (κ1) is 16.3. The summed E-state index contributed by atoms with van der Waals surface area (Å²) in [5.41, 5.74) is 2.32. The molecule has 0 aliphatic carbocycles. The van der Waals surface area contributed by atoms with Crippen molar-refractivity contribution in [3.63, 3.8) is 0 Å². The van der Waals surface area contributed by atoms with Crippen molar-refractivity contribution in [1.29, 1.82) is 0 Å². The molecule has 3 aromatic rings. The van der Waals surface area contributed by atoms with Crippen molar-refractivity contribution in [2.24, 2.45) is 0 Å². The maximum Gasteiger partial charge on any atom is 0.247 e. The van der Waals surface area contributed by atoms with Crippen molar-refractivity contribution in [2.75, 3.05) is 5.32 Å². The number of thiazole rings is 1. The molecule has 3 rings (SSSR count). The quantitative estimate of drug-likeness (QED) is 0.782. The van der Waals surface area contributed by atoms with Crippen LogP contribution in [-0.4, -0.2) is 21.1 Å². The summed E-state index contributed by atoms with van der Waals surface area (Å²) < 4.78 is 5.13. The first-order valence-electron chi connectivity index (χ1n) is 7.53. The van der Waals surface area contributed by atoms with Crippen LogP contribution in [0.25, 0.3) is 11.5 Å². The Hall–Kier alpha value is -2.54. The molecule has 1 aromatic carbocycles. The van der Waals surface area contributed by atoms with E-state index in [1.165, 1.54) is 6.39 Å². The van der Waals surface area contributed by atoms with Crippen LogP contribution < -0.4 is 5.32 Å². The standard InChI is InChI=1S/C17H18N4O2S/c1-17(2,3)16-20-13(9-24-16)8-14(22)19-12-6-4-11(5-7-12)15-21-18-10-23-15/h4-7,9-10H,8H2,1-3H3,(H,19,22). The minimum absolute atomic E-state index is 0.00394. The smallest absolute Gasteiger partial charge is 0.247 e. The van der Waals surface area contributed by atoms with Crippen LogP contribution in [0.3, 0.4) is 0 Å². The highest BCUT2D eigenvalue weighted by Crippen LogP contribution is 2.26. The van der Waals surface area contributed by atoms with E-state index in [0.29, 0.717) is 5.89 Å². The van der Waals surface area contributed by atoms with E-state index in [-0.39, 0.29) is 17.7 Å². The summed E-state index contributed by atoms with van der Waals surface area (Å²) in [6.07, 6.45) is 1.54. The summed E-state index contributed by atoms with van der Waals surface area (Å²) >= 11 is 1.59. The minimum atomic E-state index is -0.0914. The van der Waals surface area contributed by atoms with E-state index in [4.69, 9.17) is 4.42 Å². The van der Waals surface area contributed by atoms with Gasteiger partial charge in [-0.3, -0.25) is 4.79 Å². The van der Waals surface area contributed by atoms with Crippen LogP contribution in [0, 0.1) is 0 Å². The third kappa shape index (κ3) is 3.86. The second-order valence-corrected chi connectivity index (χ2v) is 7.30. The summed E-state index contributed by atoms with van der Waals surface area (Å²) in [6, 6.07) is 7.26. The van der Waals surface area contributed by atoms with E-state index in [9.17, 15) is 4.79 Å². The lowest BCUT2D eigenvalue weighted by Gasteiger charge is -2.13. The predicted octanol–water partition coefficient (Wildman–Crippen LogP) is 3.67. The topological polar surface area (TPSA) is 80.9 Å². The van der Waals surface area contributed by atoms with Crippen molar-refractivity contribution in [3.8, 4) is 11.5 Å². The Morgan fingerprint density at radius 1 is 1.25 bits per heavy atom. The number of rotatable bonds is 4. The zero-order chi connectivity index (χ0) is 17.2. The molecule has 1 N–H and O–H groups in total. The second-order valence-electron chi connectivity index (χ2n) is 6.44. The minimum Gasteiger partial charge on any atom is -0.423 e. The van der Waals surface area contributed by atoms with Crippen LogP contribution in [-0.2, 0) is 16.6 Å². The van der Waals surface area contributed by atoms with E-state index >= 15 is 0 Å². The highest BCUT2D eigenvalue weighted by molar-refractivity contribution is 7.09. The fourth-order valence-electron chi connectivity index (χ4n) is 2.10. The molecule has 0 radical (unpaired) electrons. The van der Waals surface area contributed by atoms with E-state index < -0.39 is 0 Å². The average Bonchev–Trinajstić information content (AvgIpc) is 3.18. The highest BCUT2D eigenvalue weighted by atomic mass is 32.1. The van der Waals surface area contributed by atoms with Gasteiger partial charge in [0.1, 0.15) is 0 Å². The molecule has 2 heterocycles. The number of benzene rings is 1. The Balaban J connectivity index is 1.61. The molecular formula is C17H18N4O2S. The molecule has 0 saturated carbocycles. The number of amides is 1. The maximum atomic E-state index is 12.2. The van der Waals surface area contributed by atoms with Gasteiger partial charge in [-0.2, -0.15) is 0 Å². The third-order valence-corrected chi connectivity index (χ3v) is 4.63. The predicted molar refractivity (Wildman–Crippen MR) is 92.9 cm³/mol. The van der Waals surface area contributed by atoms with Gasteiger partial charge in [-0.05, 0) is 24.3 Å². The van der Waals surface area contributed by atoms with Gasteiger partial charge in [-0.1, -0.05) is 20.8 Å². The highest BCUT2D eigenvalue weighted by Gasteiger charge is 2.18. The molecule has 0 atom stereocenters. The Kier molecular flexibility index (Phi) is 4.44. The van der Waals surface area contributed by atoms with Gasteiger partial charge in [0.25, 0.3) is 0 Å². The van der Waals surface area contributed by atoms with Crippen LogP contribution in [0.15, 0.2) is 40.5 Å². The number of carbonyl (C=O) groups is 1. The molecule has 124 valence electrons. The van der Waals surface area contributed by atoms with E-state index in [1.54, 1.807) is 23.5 Å². The molecule has 0 saturated heterocycles. The number of nitrogens with one attached hydrogen (secondary N) is 1. The molecule has 7 heteroatoms. The summed E-state index contributed by atoms with van der Waals surface area (Å²) in [4.78, 5) is 16.7. The first-order chi connectivity index (χ1) is 11.4. The Labute approximate surface area is 144 Å². The fourth-order valence-corrected chi connectivity index (χ4v) is 3.00. The van der Waals surface area contributed by atoms with Crippen LogP contribution in [0.1, 0.15) is 31.5 Å². The Bertz CT molecular complexity index is 817. The van der Waals surface area contributed by atoms with Crippen LogP contribution >= 0.6 is 11.3 Å². The number of hydrogen-bond donors (Lipinski definition) is 1. The van der Waals surface area contributed by atoms with Gasteiger partial charge >= 0.3 is 0 Å². The average molecular weight is 342 g/mol. The molecule has 1 amide bonds. The van der Waals surface area contributed by atoms with Crippen LogP contribution in [0.2, 0.25) is 0 Å². The first-order valence-corrected chi connectivity index (χ1v) is 8.41. The summed E-state index contributed by atoms with van der Waals surface area (Å²) in [6.45, 7) is 6.34. The van der Waals surface area contributed by atoms with Crippen molar-refractivity contribution in [2.45, 2.75) is 32.6 Å². The van der Waals surface area contributed by atoms with Gasteiger partial charge in [0.15, 0.2) is 0 Å².